The molecular formula is C13H17FN2O. The smallest absolute Gasteiger partial charge is 0.244 e. The molecule has 3 nitrogen and oxygen atoms in total. The molecule has 1 amide bonds. The first-order valence-electron chi connectivity index (χ1n) is 6.02. The first-order valence-corrected chi connectivity index (χ1v) is 6.02. The monoisotopic (exact) mass is 236 g/mol. The summed E-state index contributed by atoms with van der Waals surface area (Å²) < 4.78 is 13.2. The minimum Gasteiger partial charge on any atom is -0.311 e. The van der Waals surface area contributed by atoms with Crippen molar-refractivity contribution in [1.82, 2.24) is 5.32 Å². The van der Waals surface area contributed by atoms with Crippen LogP contribution in [-0.2, 0) is 4.79 Å². The van der Waals surface area contributed by atoms with E-state index in [-0.39, 0.29) is 17.8 Å². The molecule has 0 aliphatic carbocycles. The quantitative estimate of drug-likeness (QED) is 0.869. The fraction of sp³-hybridized carbons (Fsp3) is 0.462. The van der Waals surface area contributed by atoms with Gasteiger partial charge >= 0.3 is 0 Å². The number of carbonyl (C=O) groups is 1. The van der Waals surface area contributed by atoms with E-state index < -0.39 is 0 Å². The minimum atomic E-state index is -0.312. The van der Waals surface area contributed by atoms with Crippen molar-refractivity contribution >= 4 is 11.6 Å². The Bertz CT molecular complexity index is 402. The molecule has 1 aromatic carbocycles. The van der Waals surface area contributed by atoms with Crippen molar-refractivity contribution in [2.24, 2.45) is 0 Å². The van der Waals surface area contributed by atoms with Gasteiger partial charge in [0.15, 0.2) is 0 Å². The van der Waals surface area contributed by atoms with Crippen LogP contribution in [0.2, 0.25) is 0 Å². The van der Waals surface area contributed by atoms with Crippen LogP contribution in [0.5, 0.6) is 0 Å². The van der Waals surface area contributed by atoms with Crippen molar-refractivity contribution in [2.45, 2.75) is 25.8 Å². The number of halogens is 1. The molecule has 1 N–H and O–H groups in total. The summed E-state index contributed by atoms with van der Waals surface area (Å²) in [6.45, 7) is 3.34. The molecule has 1 heterocycles. The van der Waals surface area contributed by atoms with Gasteiger partial charge in [-0.15, -0.1) is 0 Å². The highest BCUT2D eigenvalue weighted by Gasteiger charge is 2.26. The SMILES string of the molecule is CCN(C(=O)[C@@H]1CCCN1)c1cccc(F)c1. The van der Waals surface area contributed by atoms with Crippen LogP contribution in [0.25, 0.3) is 0 Å². The summed E-state index contributed by atoms with van der Waals surface area (Å²) >= 11 is 0. The first kappa shape index (κ1) is 12.0. The Hall–Kier alpha value is -1.42. The number of rotatable bonds is 3. The summed E-state index contributed by atoms with van der Waals surface area (Å²) in [4.78, 5) is 13.9. The maximum Gasteiger partial charge on any atom is 0.244 e. The maximum absolute atomic E-state index is 13.2. The zero-order valence-corrected chi connectivity index (χ0v) is 9.95. The van der Waals surface area contributed by atoms with Gasteiger partial charge in [-0.05, 0) is 44.5 Å². The second-order valence-corrected chi connectivity index (χ2v) is 4.21. The number of hydrogen-bond donors (Lipinski definition) is 1. The lowest BCUT2D eigenvalue weighted by atomic mass is 10.2. The molecule has 1 aromatic rings. The maximum atomic E-state index is 13.2. The molecule has 0 bridgehead atoms. The predicted octanol–water partition coefficient (Wildman–Crippen LogP) is 1.93. The Morgan fingerprint density at radius 3 is 3.00 bits per heavy atom. The summed E-state index contributed by atoms with van der Waals surface area (Å²) in [5.41, 5.74) is 0.631. The standard InChI is InChI=1S/C13H17FN2O/c1-2-16(11-6-3-5-10(14)9-11)13(17)12-7-4-8-15-12/h3,5-6,9,12,15H,2,4,7-8H2,1H3/t12-/m0/s1. The van der Waals surface area contributed by atoms with E-state index in [2.05, 4.69) is 5.32 Å². The zero-order chi connectivity index (χ0) is 12.3. The summed E-state index contributed by atoms with van der Waals surface area (Å²) in [6.07, 6.45) is 1.89. The Balaban J connectivity index is 2.17. The highest BCUT2D eigenvalue weighted by atomic mass is 19.1. The number of carbonyl (C=O) groups excluding carboxylic acids is 1. The molecule has 1 atom stereocenters. The normalized spacial score (nSPS) is 19.3. The fourth-order valence-electron chi connectivity index (χ4n) is 2.19. The highest BCUT2D eigenvalue weighted by Crippen LogP contribution is 2.18. The molecule has 1 fully saturated rings. The van der Waals surface area contributed by atoms with Crippen LogP contribution < -0.4 is 10.2 Å². The number of nitrogens with zero attached hydrogens (tertiary/aromatic N) is 1. The Kier molecular flexibility index (Phi) is 3.74. The molecule has 1 aliphatic heterocycles. The molecule has 17 heavy (non-hydrogen) atoms. The van der Waals surface area contributed by atoms with Crippen LogP contribution in [0.3, 0.4) is 0 Å². The number of benzene rings is 1. The number of amides is 1. The van der Waals surface area contributed by atoms with E-state index in [1.54, 1.807) is 17.0 Å². The van der Waals surface area contributed by atoms with Crippen LogP contribution in [0.4, 0.5) is 10.1 Å². The van der Waals surface area contributed by atoms with Gasteiger partial charge in [-0.3, -0.25) is 4.79 Å². The molecule has 0 radical (unpaired) electrons. The minimum absolute atomic E-state index is 0.0376. The van der Waals surface area contributed by atoms with Crippen molar-refractivity contribution in [3.05, 3.63) is 30.1 Å². The largest absolute Gasteiger partial charge is 0.311 e. The van der Waals surface area contributed by atoms with Gasteiger partial charge in [-0.1, -0.05) is 6.07 Å². The molecule has 0 spiro atoms. The predicted molar refractivity (Wildman–Crippen MR) is 65.5 cm³/mol. The average Bonchev–Trinajstić information content (AvgIpc) is 2.83. The summed E-state index contributed by atoms with van der Waals surface area (Å²) in [5, 5.41) is 3.17. The van der Waals surface area contributed by atoms with Crippen molar-refractivity contribution in [2.75, 3.05) is 18.0 Å². The van der Waals surface area contributed by atoms with E-state index in [0.717, 1.165) is 19.4 Å². The van der Waals surface area contributed by atoms with Crippen LogP contribution in [0, 0.1) is 5.82 Å². The van der Waals surface area contributed by atoms with E-state index in [0.29, 0.717) is 12.2 Å². The molecule has 2 rings (SSSR count). The molecule has 4 heteroatoms. The van der Waals surface area contributed by atoms with E-state index >= 15 is 0 Å². The lowest BCUT2D eigenvalue weighted by Gasteiger charge is -2.24. The summed E-state index contributed by atoms with van der Waals surface area (Å²) in [6, 6.07) is 6.06. The van der Waals surface area contributed by atoms with Gasteiger partial charge < -0.3 is 10.2 Å². The first-order chi connectivity index (χ1) is 8.22. The van der Waals surface area contributed by atoms with Gasteiger partial charge in [0.1, 0.15) is 5.82 Å². The van der Waals surface area contributed by atoms with E-state index in [9.17, 15) is 9.18 Å². The third-order valence-corrected chi connectivity index (χ3v) is 3.06. The Labute approximate surface area is 101 Å². The lowest BCUT2D eigenvalue weighted by molar-refractivity contribution is -0.120. The molecular weight excluding hydrogens is 219 g/mol. The van der Waals surface area contributed by atoms with Gasteiger partial charge in [0, 0.05) is 12.2 Å². The van der Waals surface area contributed by atoms with Gasteiger partial charge in [0.25, 0.3) is 0 Å². The van der Waals surface area contributed by atoms with Crippen LogP contribution in [0.1, 0.15) is 19.8 Å². The van der Waals surface area contributed by atoms with Crippen molar-refractivity contribution in [3.63, 3.8) is 0 Å². The van der Waals surface area contributed by atoms with E-state index in [4.69, 9.17) is 0 Å². The van der Waals surface area contributed by atoms with Crippen molar-refractivity contribution < 1.29 is 9.18 Å². The Morgan fingerprint density at radius 1 is 1.59 bits per heavy atom. The lowest BCUT2D eigenvalue weighted by Crippen LogP contribution is -2.43. The summed E-state index contributed by atoms with van der Waals surface area (Å²) in [7, 11) is 0. The second-order valence-electron chi connectivity index (χ2n) is 4.21. The van der Waals surface area contributed by atoms with Crippen molar-refractivity contribution in [3.8, 4) is 0 Å². The van der Waals surface area contributed by atoms with Gasteiger partial charge in [-0.25, -0.2) is 4.39 Å². The van der Waals surface area contributed by atoms with Gasteiger partial charge in [0.2, 0.25) is 5.91 Å². The van der Waals surface area contributed by atoms with Crippen LogP contribution in [-0.4, -0.2) is 25.0 Å². The second kappa shape index (κ2) is 5.27. The third kappa shape index (κ3) is 2.64. The van der Waals surface area contributed by atoms with Crippen LogP contribution >= 0.6 is 0 Å². The molecule has 92 valence electrons. The van der Waals surface area contributed by atoms with Crippen LogP contribution in [0.15, 0.2) is 24.3 Å². The summed E-state index contributed by atoms with van der Waals surface area (Å²) in [5.74, 6) is -0.274. The molecule has 0 aromatic heterocycles. The van der Waals surface area contributed by atoms with Crippen molar-refractivity contribution in [1.29, 1.82) is 0 Å². The number of anilines is 1. The number of hydrogen-bond acceptors (Lipinski definition) is 2. The molecule has 0 unspecified atom stereocenters. The average molecular weight is 236 g/mol. The van der Waals surface area contributed by atoms with E-state index in [1.807, 2.05) is 6.92 Å². The number of nitrogens with one attached hydrogen (secondary N) is 1. The molecule has 1 saturated heterocycles. The fourth-order valence-corrected chi connectivity index (χ4v) is 2.19. The van der Waals surface area contributed by atoms with E-state index in [1.165, 1.54) is 12.1 Å². The molecule has 1 aliphatic rings. The van der Waals surface area contributed by atoms with Gasteiger partial charge in [-0.2, -0.15) is 0 Å². The van der Waals surface area contributed by atoms with Gasteiger partial charge in [0.05, 0.1) is 6.04 Å². The number of likely N-dealkylation sites (N-methyl/N-ethyl adjacent to an activating group) is 1. The zero-order valence-electron chi connectivity index (χ0n) is 9.95. The molecule has 0 saturated carbocycles. The Morgan fingerprint density at radius 2 is 2.41 bits per heavy atom. The third-order valence-electron chi connectivity index (χ3n) is 3.06. The highest BCUT2D eigenvalue weighted by molar-refractivity contribution is 5.97. The topological polar surface area (TPSA) is 32.3 Å².